The van der Waals surface area contributed by atoms with E-state index in [1.165, 1.54) is 66.0 Å². The molecule has 4 heteroatoms. The average molecular weight is 856 g/mol. The molecule has 1 atom stereocenters. The Bertz CT molecular complexity index is 3820. The van der Waals surface area contributed by atoms with Crippen LogP contribution < -0.4 is 10.1 Å². The van der Waals surface area contributed by atoms with Gasteiger partial charge in [-0.25, -0.2) is 0 Å². The maximum absolute atomic E-state index is 6.66. The molecule has 14 rings (SSSR count). The van der Waals surface area contributed by atoms with E-state index in [2.05, 4.69) is 246 Å². The predicted octanol–water partition coefficient (Wildman–Crippen LogP) is 15.2. The molecule has 0 saturated carbocycles. The number of para-hydroxylation sites is 3. The molecular formula is C63H41N3O. The first-order valence-corrected chi connectivity index (χ1v) is 23.1. The third-order valence-electron chi connectivity index (χ3n) is 14.3. The van der Waals surface area contributed by atoms with Crippen LogP contribution in [0.3, 0.4) is 0 Å². The summed E-state index contributed by atoms with van der Waals surface area (Å²) in [6, 6.07) is 83.5. The van der Waals surface area contributed by atoms with E-state index in [4.69, 9.17) is 9.73 Å². The van der Waals surface area contributed by atoms with Crippen LogP contribution in [-0.4, -0.2) is 10.3 Å². The van der Waals surface area contributed by atoms with E-state index in [0.29, 0.717) is 0 Å². The van der Waals surface area contributed by atoms with Crippen molar-refractivity contribution in [2.24, 2.45) is 4.99 Å². The van der Waals surface area contributed by atoms with Crippen molar-refractivity contribution in [1.29, 1.82) is 0 Å². The first kappa shape index (κ1) is 37.6. The molecule has 3 aliphatic rings. The quantitative estimate of drug-likeness (QED) is 0.187. The summed E-state index contributed by atoms with van der Waals surface area (Å²) in [6.45, 7) is 0. The molecule has 1 N–H and O–H groups in total. The smallest absolute Gasteiger partial charge is 0.145 e. The lowest BCUT2D eigenvalue weighted by Crippen LogP contribution is -2.32. The van der Waals surface area contributed by atoms with Crippen LogP contribution in [0.4, 0.5) is 0 Å². The minimum Gasteiger partial charge on any atom is -0.457 e. The van der Waals surface area contributed by atoms with Gasteiger partial charge in [-0.3, -0.25) is 4.99 Å². The third-order valence-corrected chi connectivity index (χ3v) is 14.3. The van der Waals surface area contributed by atoms with E-state index in [1.54, 1.807) is 0 Å². The van der Waals surface area contributed by atoms with Crippen LogP contribution in [0, 0.1) is 0 Å². The predicted molar refractivity (Wildman–Crippen MR) is 274 cm³/mol. The summed E-state index contributed by atoms with van der Waals surface area (Å²) in [6.07, 6.45) is 1.97. The molecule has 0 amide bonds. The number of hydrogen-bond acceptors (Lipinski definition) is 3. The molecule has 3 heterocycles. The second kappa shape index (κ2) is 14.6. The number of benzene rings is 10. The first-order chi connectivity index (χ1) is 33.2. The highest BCUT2D eigenvalue weighted by Crippen LogP contribution is 2.62. The van der Waals surface area contributed by atoms with Crippen LogP contribution in [0.2, 0.25) is 0 Å². The van der Waals surface area contributed by atoms with Crippen LogP contribution in [-0.2, 0) is 5.41 Å². The molecule has 1 aromatic heterocycles. The molecule has 1 unspecified atom stereocenters. The molecule has 10 aromatic carbocycles. The van der Waals surface area contributed by atoms with Gasteiger partial charge in [0, 0.05) is 44.2 Å². The van der Waals surface area contributed by atoms with Gasteiger partial charge in [0.25, 0.3) is 0 Å². The normalized spacial score (nSPS) is 15.3. The summed E-state index contributed by atoms with van der Waals surface area (Å²) in [5.41, 5.74) is 18.0. The second-order valence-corrected chi connectivity index (χ2v) is 17.8. The highest BCUT2D eigenvalue weighted by atomic mass is 16.5. The second-order valence-electron chi connectivity index (χ2n) is 17.8. The van der Waals surface area contributed by atoms with Crippen molar-refractivity contribution in [3.05, 3.63) is 276 Å². The molecular weight excluding hydrogens is 815 g/mol. The summed E-state index contributed by atoms with van der Waals surface area (Å²) in [4.78, 5) is 5.29. The molecule has 0 saturated heterocycles. The topological polar surface area (TPSA) is 38.5 Å². The number of ether oxygens (including phenoxy) is 1. The molecule has 0 fully saturated rings. The summed E-state index contributed by atoms with van der Waals surface area (Å²) in [7, 11) is 0. The monoisotopic (exact) mass is 855 g/mol. The van der Waals surface area contributed by atoms with Crippen molar-refractivity contribution in [1.82, 2.24) is 9.88 Å². The number of nitrogens with one attached hydrogen (secondary N) is 1. The summed E-state index contributed by atoms with van der Waals surface area (Å²) in [5.74, 6) is 1.79. The number of nitrogens with zero attached hydrogens (tertiary/aromatic N) is 2. The Kier molecular flexibility index (Phi) is 8.22. The molecule has 1 spiro atoms. The van der Waals surface area contributed by atoms with Gasteiger partial charge < -0.3 is 14.6 Å². The van der Waals surface area contributed by atoms with Crippen molar-refractivity contribution in [3.63, 3.8) is 0 Å². The first-order valence-electron chi connectivity index (χ1n) is 23.1. The highest BCUT2D eigenvalue weighted by molar-refractivity contribution is 6.22. The zero-order chi connectivity index (χ0) is 44.1. The van der Waals surface area contributed by atoms with Gasteiger partial charge >= 0.3 is 0 Å². The molecule has 2 aliphatic heterocycles. The number of aromatic nitrogens is 1. The maximum atomic E-state index is 6.66. The zero-order valence-electron chi connectivity index (χ0n) is 36.4. The lowest BCUT2D eigenvalue weighted by atomic mass is 9.66. The molecule has 67 heavy (non-hydrogen) atoms. The number of rotatable bonds is 5. The molecule has 314 valence electrons. The third kappa shape index (κ3) is 5.57. The Hall–Kier alpha value is -8.73. The zero-order valence-corrected chi connectivity index (χ0v) is 36.4. The van der Waals surface area contributed by atoms with Gasteiger partial charge in [0.2, 0.25) is 0 Å². The lowest BCUT2D eigenvalue weighted by molar-refractivity contribution is 0.436. The van der Waals surface area contributed by atoms with E-state index in [-0.39, 0.29) is 6.17 Å². The minimum absolute atomic E-state index is 0.257. The standard InChI is InChI=1S/C63H41N3O/c1-4-18-40(19-5-1)56-39-57(65-62(64-56)41-20-6-2-7-21-41)49-38-51-50-36-42(33-35-58(50)66(44-22-8-3-9-23-44)61(51)48-26-11-10-24-45(48)49)43-32-34-47-46-25-12-13-27-52(46)63(55(47)37-43)53-28-14-16-30-59(53)67-60-31-17-15-29-54(60)63/h1-39,62,65H. The fraction of sp³-hybridized carbons (Fsp3) is 0.0317. The van der Waals surface area contributed by atoms with E-state index in [9.17, 15) is 0 Å². The Labute approximate surface area is 388 Å². The molecule has 0 bridgehead atoms. The molecule has 0 radical (unpaired) electrons. The Balaban J connectivity index is 1.01. The van der Waals surface area contributed by atoms with E-state index in [1.807, 2.05) is 0 Å². The van der Waals surface area contributed by atoms with E-state index >= 15 is 0 Å². The van der Waals surface area contributed by atoms with Gasteiger partial charge in [-0.15, -0.1) is 0 Å². The van der Waals surface area contributed by atoms with Crippen molar-refractivity contribution < 1.29 is 4.74 Å². The van der Waals surface area contributed by atoms with Crippen LogP contribution in [0.1, 0.15) is 45.1 Å². The van der Waals surface area contributed by atoms with E-state index in [0.717, 1.165) is 56.4 Å². The number of allylic oxidation sites excluding steroid dienone is 1. The Morgan fingerprint density at radius 3 is 1.79 bits per heavy atom. The van der Waals surface area contributed by atoms with E-state index < -0.39 is 5.41 Å². The summed E-state index contributed by atoms with van der Waals surface area (Å²) in [5, 5.41) is 8.64. The van der Waals surface area contributed by atoms with Crippen LogP contribution in [0.15, 0.2) is 242 Å². The van der Waals surface area contributed by atoms with Gasteiger partial charge in [-0.1, -0.05) is 182 Å². The Morgan fingerprint density at radius 2 is 1.03 bits per heavy atom. The minimum atomic E-state index is -0.547. The van der Waals surface area contributed by atoms with Gasteiger partial charge in [-0.05, 0) is 105 Å². The summed E-state index contributed by atoms with van der Waals surface area (Å²) >= 11 is 0. The van der Waals surface area contributed by atoms with Crippen LogP contribution >= 0.6 is 0 Å². The molecule has 4 nitrogen and oxygen atoms in total. The number of fused-ring (bicyclic) bond motifs is 14. The van der Waals surface area contributed by atoms with Crippen molar-refractivity contribution >= 4 is 44.0 Å². The highest BCUT2D eigenvalue weighted by Gasteiger charge is 2.51. The fourth-order valence-corrected chi connectivity index (χ4v) is 11.4. The Morgan fingerprint density at radius 1 is 0.433 bits per heavy atom. The van der Waals surface area contributed by atoms with Crippen molar-refractivity contribution in [2.75, 3.05) is 0 Å². The maximum Gasteiger partial charge on any atom is 0.145 e. The number of aliphatic imine (C=N–C) groups is 1. The fourth-order valence-electron chi connectivity index (χ4n) is 11.4. The van der Waals surface area contributed by atoms with Gasteiger partial charge in [0.15, 0.2) is 0 Å². The SMILES string of the molecule is C1=C(c2cc3c4cc(-c5ccc6c(c5)C5(c7ccccc7Oc7ccccc75)c5ccccc5-6)ccc4n(-c4ccccc4)c3c3ccccc23)NC(c2ccccc2)N=C1c1ccccc1. The van der Waals surface area contributed by atoms with Gasteiger partial charge in [-0.2, -0.15) is 0 Å². The van der Waals surface area contributed by atoms with Gasteiger partial charge in [0.05, 0.1) is 22.2 Å². The largest absolute Gasteiger partial charge is 0.457 e. The van der Waals surface area contributed by atoms with Crippen LogP contribution in [0.5, 0.6) is 11.5 Å². The van der Waals surface area contributed by atoms with Crippen molar-refractivity contribution in [2.45, 2.75) is 11.6 Å². The van der Waals surface area contributed by atoms with Crippen LogP contribution in [0.25, 0.3) is 66.2 Å². The molecule has 1 aliphatic carbocycles. The lowest BCUT2D eigenvalue weighted by Gasteiger charge is -2.39. The van der Waals surface area contributed by atoms with Gasteiger partial charge in [0.1, 0.15) is 17.7 Å². The van der Waals surface area contributed by atoms with Crippen molar-refractivity contribution in [3.8, 4) is 39.4 Å². The average Bonchev–Trinajstić information content (AvgIpc) is 3.89. The summed E-state index contributed by atoms with van der Waals surface area (Å²) < 4.78 is 9.12. The molecule has 11 aromatic rings. The number of hydrogen-bond donors (Lipinski definition) is 1.